The zero-order valence-corrected chi connectivity index (χ0v) is 13.1. The van der Waals surface area contributed by atoms with Crippen molar-refractivity contribution in [1.82, 2.24) is 0 Å². The average Bonchev–Trinajstić information content (AvgIpc) is 2.57. The van der Waals surface area contributed by atoms with Gasteiger partial charge < -0.3 is 11.1 Å². The van der Waals surface area contributed by atoms with Crippen LogP contribution in [0, 0.1) is 12.7 Å². The van der Waals surface area contributed by atoms with Crippen molar-refractivity contribution in [3.05, 3.63) is 65.0 Å². The minimum Gasteiger partial charge on any atom is -0.366 e. The summed E-state index contributed by atoms with van der Waals surface area (Å²) in [6.07, 6.45) is -0.0114. The molecule has 2 aromatic carbocycles. The fourth-order valence-electron chi connectivity index (χ4n) is 2.16. The number of hydrogen-bond donors (Lipinski definition) is 2. The van der Waals surface area contributed by atoms with Gasteiger partial charge in [0.25, 0.3) is 0 Å². The maximum absolute atomic E-state index is 13.8. The maximum Gasteiger partial charge on any atom is 0.248 e. The Kier molecular flexibility index (Phi) is 5.42. The lowest BCUT2D eigenvalue weighted by molar-refractivity contribution is -0.116. The Balaban J connectivity index is 2.02. The minimum atomic E-state index is -0.788. The molecule has 2 aromatic rings. The molecule has 0 spiro atoms. The van der Waals surface area contributed by atoms with Crippen LogP contribution in [0.25, 0.3) is 0 Å². The van der Waals surface area contributed by atoms with Gasteiger partial charge in [0.15, 0.2) is 5.78 Å². The number of Topliss-reactive ketones (excluding diaryl/α,β-unsaturated/α-hetero) is 1. The van der Waals surface area contributed by atoms with Gasteiger partial charge in [-0.25, -0.2) is 4.39 Å². The zero-order chi connectivity index (χ0) is 17.7. The number of nitrogens with one attached hydrogen (secondary N) is 1. The van der Waals surface area contributed by atoms with Gasteiger partial charge in [-0.2, -0.15) is 0 Å². The van der Waals surface area contributed by atoms with Gasteiger partial charge >= 0.3 is 0 Å². The van der Waals surface area contributed by atoms with Crippen LogP contribution in [0.15, 0.2) is 42.5 Å². The molecule has 6 heteroatoms. The van der Waals surface area contributed by atoms with Crippen molar-refractivity contribution in [1.29, 1.82) is 0 Å². The number of primary amides is 1. The first kappa shape index (κ1) is 17.3. The molecule has 0 radical (unpaired) electrons. The second-order valence-electron chi connectivity index (χ2n) is 5.33. The van der Waals surface area contributed by atoms with Crippen LogP contribution in [0.1, 0.15) is 39.1 Å². The van der Waals surface area contributed by atoms with Crippen molar-refractivity contribution >= 4 is 23.3 Å². The molecule has 2 amide bonds. The number of amides is 2. The maximum atomic E-state index is 13.8. The van der Waals surface area contributed by atoms with Crippen molar-refractivity contribution in [3.8, 4) is 0 Å². The Morgan fingerprint density at radius 2 is 1.71 bits per heavy atom. The fourth-order valence-corrected chi connectivity index (χ4v) is 2.16. The molecule has 3 N–H and O–H groups in total. The summed E-state index contributed by atoms with van der Waals surface area (Å²) >= 11 is 0. The standard InChI is InChI=1S/C18H17FN2O3/c1-11-14(19)9-13(18(20)24)10-15(11)21-17(23)8-7-16(22)12-5-3-2-4-6-12/h2-6,9-10H,7-8H2,1H3,(H2,20,24)(H,21,23). The highest BCUT2D eigenvalue weighted by Gasteiger charge is 2.14. The van der Waals surface area contributed by atoms with Crippen LogP contribution < -0.4 is 11.1 Å². The van der Waals surface area contributed by atoms with Crippen molar-refractivity contribution in [2.75, 3.05) is 5.32 Å². The molecule has 24 heavy (non-hydrogen) atoms. The number of halogens is 1. The fraction of sp³-hybridized carbons (Fsp3) is 0.167. The van der Waals surface area contributed by atoms with Crippen LogP contribution in [-0.4, -0.2) is 17.6 Å². The second-order valence-corrected chi connectivity index (χ2v) is 5.33. The molecule has 0 saturated carbocycles. The summed E-state index contributed by atoms with van der Waals surface area (Å²) in [4.78, 5) is 35.1. The lowest BCUT2D eigenvalue weighted by atomic mass is 10.1. The molecular formula is C18H17FN2O3. The number of carbonyl (C=O) groups is 3. The summed E-state index contributed by atoms with van der Waals surface area (Å²) in [6, 6.07) is 11.0. The topological polar surface area (TPSA) is 89.3 Å². The average molecular weight is 328 g/mol. The molecule has 2 rings (SSSR count). The second kappa shape index (κ2) is 7.50. The summed E-state index contributed by atoms with van der Waals surface area (Å²) < 4.78 is 13.8. The number of hydrogen-bond acceptors (Lipinski definition) is 3. The van der Waals surface area contributed by atoms with E-state index >= 15 is 0 Å². The number of benzene rings is 2. The van der Waals surface area contributed by atoms with E-state index in [2.05, 4.69) is 5.32 Å². The zero-order valence-electron chi connectivity index (χ0n) is 13.1. The highest BCUT2D eigenvalue weighted by molar-refractivity contribution is 6.01. The predicted molar refractivity (Wildman–Crippen MR) is 88.3 cm³/mol. The molecule has 0 fully saturated rings. The van der Waals surface area contributed by atoms with Crippen molar-refractivity contribution in [3.63, 3.8) is 0 Å². The molecule has 0 unspecified atom stereocenters. The van der Waals surface area contributed by atoms with Crippen molar-refractivity contribution in [2.45, 2.75) is 19.8 Å². The van der Waals surface area contributed by atoms with Crippen molar-refractivity contribution in [2.24, 2.45) is 5.73 Å². The van der Waals surface area contributed by atoms with E-state index in [0.717, 1.165) is 6.07 Å². The number of carbonyl (C=O) groups excluding carboxylic acids is 3. The highest BCUT2D eigenvalue weighted by Crippen LogP contribution is 2.21. The van der Waals surface area contributed by atoms with E-state index in [1.54, 1.807) is 30.3 Å². The first-order valence-corrected chi connectivity index (χ1v) is 7.36. The lowest BCUT2D eigenvalue weighted by Crippen LogP contribution is -2.17. The van der Waals surface area contributed by atoms with Crippen LogP contribution in [0.2, 0.25) is 0 Å². The molecule has 0 saturated heterocycles. The Morgan fingerprint density at radius 3 is 2.33 bits per heavy atom. The number of ketones is 1. The molecular weight excluding hydrogens is 311 g/mol. The number of anilines is 1. The molecule has 0 aliphatic rings. The third-order valence-electron chi connectivity index (χ3n) is 3.58. The molecule has 0 atom stereocenters. The third kappa shape index (κ3) is 4.25. The van der Waals surface area contributed by atoms with Gasteiger partial charge in [0.05, 0.1) is 0 Å². The van der Waals surface area contributed by atoms with E-state index < -0.39 is 17.6 Å². The normalized spacial score (nSPS) is 10.2. The molecule has 5 nitrogen and oxygen atoms in total. The Bertz CT molecular complexity index is 788. The van der Waals surface area contributed by atoms with Gasteiger partial charge in [-0.05, 0) is 19.1 Å². The minimum absolute atomic E-state index is 0.0336. The summed E-state index contributed by atoms with van der Waals surface area (Å²) in [7, 11) is 0. The summed E-state index contributed by atoms with van der Waals surface area (Å²) in [5.41, 5.74) is 5.99. The third-order valence-corrected chi connectivity index (χ3v) is 3.58. The van der Waals surface area contributed by atoms with E-state index in [1.807, 2.05) is 0 Å². The van der Waals surface area contributed by atoms with E-state index in [1.165, 1.54) is 13.0 Å². The van der Waals surface area contributed by atoms with Gasteiger partial charge in [-0.1, -0.05) is 30.3 Å². The summed E-state index contributed by atoms with van der Waals surface area (Å²) in [6.45, 7) is 1.48. The van der Waals surface area contributed by atoms with Gasteiger partial charge in [-0.15, -0.1) is 0 Å². The van der Waals surface area contributed by atoms with Gasteiger partial charge in [0, 0.05) is 35.2 Å². The molecule has 0 aliphatic heterocycles. The Labute approximate surface area is 138 Å². The van der Waals surface area contributed by atoms with Gasteiger partial charge in [-0.3, -0.25) is 14.4 Å². The molecule has 124 valence electrons. The van der Waals surface area contributed by atoms with Crippen LogP contribution in [-0.2, 0) is 4.79 Å². The van der Waals surface area contributed by atoms with E-state index in [0.29, 0.717) is 5.56 Å². The monoisotopic (exact) mass is 328 g/mol. The number of rotatable bonds is 6. The smallest absolute Gasteiger partial charge is 0.248 e. The van der Waals surface area contributed by atoms with Crippen LogP contribution in [0.5, 0.6) is 0 Å². The predicted octanol–water partition coefficient (Wildman–Crippen LogP) is 2.83. The van der Waals surface area contributed by atoms with E-state index in [4.69, 9.17) is 5.73 Å². The van der Waals surface area contributed by atoms with E-state index in [9.17, 15) is 18.8 Å². The lowest BCUT2D eigenvalue weighted by Gasteiger charge is -2.10. The highest BCUT2D eigenvalue weighted by atomic mass is 19.1. The Morgan fingerprint density at radius 1 is 1.04 bits per heavy atom. The SMILES string of the molecule is Cc1c(F)cc(C(N)=O)cc1NC(=O)CCC(=O)c1ccccc1. The Hall–Kier alpha value is -3.02. The van der Waals surface area contributed by atoms with Crippen LogP contribution >= 0.6 is 0 Å². The summed E-state index contributed by atoms with van der Waals surface area (Å²) in [5.74, 6) is -2.02. The molecule has 0 heterocycles. The summed E-state index contributed by atoms with van der Waals surface area (Å²) in [5, 5.41) is 2.51. The van der Waals surface area contributed by atoms with Crippen LogP contribution in [0.3, 0.4) is 0 Å². The molecule has 0 aliphatic carbocycles. The van der Waals surface area contributed by atoms with Crippen LogP contribution in [0.4, 0.5) is 10.1 Å². The van der Waals surface area contributed by atoms with Gasteiger partial charge in [0.1, 0.15) is 5.82 Å². The van der Waals surface area contributed by atoms with E-state index in [-0.39, 0.29) is 35.4 Å². The molecule has 0 aromatic heterocycles. The largest absolute Gasteiger partial charge is 0.366 e. The first-order chi connectivity index (χ1) is 11.4. The first-order valence-electron chi connectivity index (χ1n) is 7.36. The molecule has 0 bridgehead atoms. The number of nitrogens with two attached hydrogens (primary N) is 1. The van der Waals surface area contributed by atoms with Crippen molar-refractivity contribution < 1.29 is 18.8 Å². The van der Waals surface area contributed by atoms with Gasteiger partial charge in [0.2, 0.25) is 11.8 Å². The quantitative estimate of drug-likeness (QED) is 0.799.